The Morgan fingerprint density at radius 3 is 2.67 bits per heavy atom. The monoisotopic (exact) mass is 278 g/mol. The summed E-state index contributed by atoms with van der Waals surface area (Å²) in [6.45, 7) is 0. The number of nitrogens with one attached hydrogen (secondary N) is 1. The van der Waals surface area contributed by atoms with E-state index in [0.717, 1.165) is 12.1 Å². The predicted molar refractivity (Wildman–Crippen MR) is 63.4 cm³/mol. The minimum absolute atomic E-state index is 0.0191. The fourth-order valence-corrected chi connectivity index (χ4v) is 2.13. The maximum absolute atomic E-state index is 13.7. The Hall–Kier alpha value is -1.37. The molecule has 18 heavy (non-hydrogen) atoms. The minimum Gasteiger partial charge on any atom is -0.399 e. The van der Waals surface area contributed by atoms with Gasteiger partial charge in [-0.25, -0.2) is 17.6 Å². The van der Waals surface area contributed by atoms with Gasteiger partial charge in [-0.3, -0.25) is 0 Å². The molecule has 1 atom stereocenters. The van der Waals surface area contributed by atoms with Gasteiger partial charge in [-0.1, -0.05) is 12.2 Å². The van der Waals surface area contributed by atoms with Crippen molar-refractivity contribution >= 4 is 22.9 Å². The smallest absolute Gasteiger partial charge is 0.272 e. The molecule has 2 rings (SSSR count). The summed E-state index contributed by atoms with van der Waals surface area (Å²) in [4.78, 5) is 0.202. The predicted octanol–water partition coefficient (Wildman–Crippen LogP) is 2.93. The van der Waals surface area contributed by atoms with Gasteiger partial charge in [0.1, 0.15) is 6.04 Å². The van der Waals surface area contributed by atoms with Crippen LogP contribution >= 0.6 is 12.2 Å². The van der Waals surface area contributed by atoms with Crippen molar-refractivity contribution in [2.24, 2.45) is 0 Å². The molecule has 1 aliphatic heterocycles. The Bertz CT molecular complexity index is 504. The molecule has 0 spiro atoms. The van der Waals surface area contributed by atoms with E-state index < -0.39 is 35.6 Å². The van der Waals surface area contributed by atoms with E-state index in [4.69, 9.17) is 18.0 Å². The second kappa shape index (κ2) is 4.38. The third kappa shape index (κ3) is 2.27. The quantitative estimate of drug-likeness (QED) is 0.471. The van der Waals surface area contributed by atoms with Gasteiger partial charge in [-0.2, -0.15) is 0 Å². The number of benzene rings is 1. The van der Waals surface area contributed by atoms with E-state index in [9.17, 15) is 17.6 Å². The summed E-state index contributed by atoms with van der Waals surface area (Å²) in [6.07, 6.45) is -0.482. The van der Waals surface area contributed by atoms with Crippen LogP contribution in [0, 0.1) is 11.6 Å². The van der Waals surface area contributed by atoms with Gasteiger partial charge in [0, 0.05) is 24.1 Å². The number of alkyl halides is 2. The first-order valence-electron chi connectivity index (χ1n) is 5.23. The molecular weight excluding hydrogens is 268 g/mol. The van der Waals surface area contributed by atoms with Gasteiger partial charge in [0.05, 0.1) is 4.99 Å². The first-order valence-corrected chi connectivity index (χ1v) is 5.63. The average Bonchev–Trinajstić information content (AvgIpc) is 2.27. The standard InChI is InChI=1S/C11H10F4N2S/c12-7-4-5(16)3-6(9(7)13)10-11(14,15)2-1-8(18)17-10/h3-4,10H,1-2,16H2,(H,17,18). The number of hydrogen-bond donors (Lipinski definition) is 2. The molecular formula is C11H10F4N2S. The number of rotatable bonds is 1. The zero-order chi connectivity index (χ0) is 13.5. The maximum Gasteiger partial charge on any atom is 0.272 e. The molecule has 0 aromatic heterocycles. The highest BCUT2D eigenvalue weighted by Gasteiger charge is 2.45. The molecule has 0 radical (unpaired) electrons. The van der Waals surface area contributed by atoms with E-state index in [-0.39, 0.29) is 17.1 Å². The Kier molecular flexibility index (Phi) is 3.18. The second-order valence-electron chi connectivity index (χ2n) is 4.17. The van der Waals surface area contributed by atoms with Gasteiger partial charge in [0.25, 0.3) is 5.92 Å². The van der Waals surface area contributed by atoms with E-state index in [0.29, 0.717) is 0 Å². The second-order valence-corrected chi connectivity index (χ2v) is 4.66. The number of hydrogen-bond acceptors (Lipinski definition) is 2. The Labute approximate surface area is 106 Å². The van der Waals surface area contributed by atoms with Gasteiger partial charge < -0.3 is 11.1 Å². The van der Waals surface area contributed by atoms with Crippen LogP contribution in [0.3, 0.4) is 0 Å². The number of nitrogens with two attached hydrogens (primary N) is 1. The Balaban J connectivity index is 2.49. The van der Waals surface area contributed by atoms with Crippen LogP contribution in [0.4, 0.5) is 23.2 Å². The first kappa shape index (κ1) is 13.1. The largest absolute Gasteiger partial charge is 0.399 e. The van der Waals surface area contributed by atoms with Crippen LogP contribution in [0.15, 0.2) is 12.1 Å². The van der Waals surface area contributed by atoms with E-state index in [2.05, 4.69) is 5.32 Å². The van der Waals surface area contributed by atoms with E-state index in [1.807, 2.05) is 0 Å². The fraction of sp³-hybridized carbons (Fsp3) is 0.364. The van der Waals surface area contributed by atoms with Crippen molar-refractivity contribution in [3.8, 4) is 0 Å². The lowest BCUT2D eigenvalue weighted by atomic mass is 9.92. The molecule has 1 unspecified atom stereocenters. The van der Waals surface area contributed by atoms with Crippen molar-refractivity contribution in [2.45, 2.75) is 24.8 Å². The van der Waals surface area contributed by atoms with Crippen LogP contribution in [0.25, 0.3) is 0 Å². The summed E-state index contributed by atoms with van der Waals surface area (Å²) in [5.41, 5.74) is 4.73. The molecule has 1 heterocycles. The molecule has 3 N–H and O–H groups in total. The van der Waals surface area contributed by atoms with Crippen LogP contribution < -0.4 is 11.1 Å². The zero-order valence-corrected chi connectivity index (χ0v) is 9.96. The highest BCUT2D eigenvalue weighted by molar-refractivity contribution is 7.80. The molecule has 7 heteroatoms. The number of halogens is 4. The molecule has 1 aromatic rings. The van der Waals surface area contributed by atoms with Crippen molar-refractivity contribution in [3.05, 3.63) is 29.3 Å². The SMILES string of the molecule is Nc1cc(F)c(F)c(C2NC(=S)CCC2(F)F)c1. The summed E-state index contributed by atoms with van der Waals surface area (Å²) in [6, 6.07) is 0.0625. The highest BCUT2D eigenvalue weighted by Crippen LogP contribution is 2.40. The van der Waals surface area contributed by atoms with E-state index in [1.165, 1.54) is 0 Å². The van der Waals surface area contributed by atoms with Gasteiger partial charge in [-0.15, -0.1) is 0 Å². The summed E-state index contributed by atoms with van der Waals surface area (Å²) in [5.74, 6) is -5.78. The van der Waals surface area contributed by atoms with Crippen molar-refractivity contribution in [2.75, 3.05) is 5.73 Å². The summed E-state index contributed by atoms with van der Waals surface area (Å²) < 4.78 is 54.2. The van der Waals surface area contributed by atoms with Gasteiger partial charge in [0.2, 0.25) is 0 Å². The summed E-state index contributed by atoms with van der Waals surface area (Å²) in [5, 5.41) is 2.34. The average molecular weight is 278 g/mol. The molecule has 1 saturated heterocycles. The number of anilines is 1. The lowest BCUT2D eigenvalue weighted by molar-refractivity contribution is -0.0466. The molecule has 1 aromatic carbocycles. The third-order valence-electron chi connectivity index (χ3n) is 2.80. The molecule has 0 aliphatic carbocycles. The fourth-order valence-electron chi connectivity index (χ4n) is 1.91. The zero-order valence-electron chi connectivity index (χ0n) is 9.14. The van der Waals surface area contributed by atoms with Crippen molar-refractivity contribution in [3.63, 3.8) is 0 Å². The number of nitrogen functional groups attached to an aromatic ring is 1. The summed E-state index contributed by atoms with van der Waals surface area (Å²) in [7, 11) is 0. The molecule has 0 saturated carbocycles. The Morgan fingerprint density at radius 2 is 2.00 bits per heavy atom. The molecule has 1 aliphatic rings. The van der Waals surface area contributed by atoms with Gasteiger partial charge in [-0.05, 0) is 12.1 Å². The normalized spacial score (nSPS) is 22.7. The highest BCUT2D eigenvalue weighted by atomic mass is 32.1. The third-order valence-corrected chi connectivity index (χ3v) is 3.12. The molecule has 98 valence electrons. The first-order chi connectivity index (χ1) is 8.31. The molecule has 2 nitrogen and oxygen atoms in total. The van der Waals surface area contributed by atoms with Crippen LogP contribution in [-0.4, -0.2) is 10.9 Å². The van der Waals surface area contributed by atoms with Crippen LogP contribution in [0.2, 0.25) is 0 Å². The topological polar surface area (TPSA) is 38.0 Å². The van der Waals surface area contributed by atoms with Crippen molar-refractivity contribution < 1.29 is 17.6 Å². The van der Waals surface area contributed by atoms with Gasteiger partial charge in [0.15, 0.2) is 11.6 Å². The Morgan fingerprint density at radius 1 is 1.33 bits per heavy atom. The van der Waals surface area contributed by atoms with E-state index in [1.54, 1.807) is 0 Å². The lowest BCUT2D eigenvalue weighted by Crippen LogP contribution is -2.45. The molecule has 0 bridgehead atoms. The van der Waals surface area contributed by atoms with E-state index >= 15 is 0 Å². The van der Waals surface area contributed by atoms with Crippen LogP contribution in [0.5, 0.6) is 0 Å². The van der Waals surface area contributed by atoms with Crippen molar-refractivity contribution in [1.82, 2.24) is 5.32 Å². The van der Waals surface area contributed by atoms with Crippen LogP contribution in [-0.2, 0) is 0 Å². The molecule has 0 amide bonds. The molecule has 1 fully saturated rings. The number of piperidine rings is 1. The number of thiocarbonyl (C=S) groups is 1. The maximum atomic E-state index is 13.7. The summed E-state index contributed by atoms with van der Waals surface area (Å²) >= 11 is 4.80. The minimum atomic E-state index is -3.20. The van der Waals surface area contributed by atoms with Crippen molar-refractivity contribution in [1.29, 1.82) is 0 Å². The lowest BCUT2D eigenvalue weighted by Gasteiger charge is -2.33. The van der Waals surface area contributed by atoms with Gasteiger partial charge >= 0.3 is 0 Å². The van der Waals surface area contributed by atoms with Crippen LogP contribution in [0.1, 0.15) is 24.4 Å².